The van der Waals surface area contributed by atoms with E-state index in [-0.39, 0.29) is 0 Å². The van der Waals surface area contributed by atoms with E-state index in [0.29, 0.717) is 17.7 Å². The van der Waals surface area contributed by atoms with Crippen molar-refractivity contribution < 1.29 is 4.52 Å². The molecular weight excluding hydrogens is 224 g/mol. The number of nitrogens with two attached hydrogens (primary N) is 1. The molecule has 1 aliphatic rings. The number of hydrogen-bond donors (Lipinski definition) is 1. The Labute approximate surface area is 107 Å². The Hall–Kier alpha value is -1.77. The fraction of sp³-hybridized carbons (Fsp3) is 0.400. The van der Waals surface area contributed by atoms with Crippen molar-refractivity contribution in [2.24, 2.45) is 5.92 Å². The quantitative estimate of drug-likeness (QED) is 0.870. The Balaban J connectivity index is 2.07. The van der Waals surface area contributed by atoms with Crippen molar-refractivity contribution in [2.45, 2.75) is 32.1 Å². The standard InChI is InChI=1S/C15H18N2O/c1-10-6-5-9-12(10)14-13(15(16)17-18-14)11-7-3-2-4-8-11/h2-4,7-8,10,12H,5-6,9H2,1H3,(H2,16,17). The number of benzene rings is 1. The Bertz CT molecular complexity index is 533. The summed E-state index contributed by atoms with van der Waals surface area (Å²) in [5.74, 6) is 2.60. The number of anilines is 1. The molecule has 2 aromatic rings. The van der Waals surface area contributed by atoms with Gasteiger partial charge in [0.2, 0.25) is 0 Å². The van der Waals surface area contributed by atoms with Crippen LogP contribution in [0.3, 0.4) is 0 Å². The highest BCUT2D eigenvalue weighted by atomic mass is 16.5. The first-order chi connectivity index (χ1) is 8.77. The van der Waals surface area contributed by atoms with Crippen molar-refractivity contribution in [1.82, 2.24) is 5.16 Å². The minimum Gasteiger partial charge on any atom is -0.380 e. The summed E-state index contributed by atoms with van der Waals surface area (Å²) in [4.78, 5) is 0. The maximum atomic E-state index is 5.98. The fourth-order valence-electron chi connectivity index (χ4n) is 3.00. The highest BCUT2D eigenvalue weighted by molar-refractivity contribution is 5.75. The Morgan fingerprint density at radius 2 is 2.00 bits per heavy atom. The third kappa shape index (κ3) is 1.80. The predicted molar refractivity (Wildman–Crippen MR) is 72.1 cm³/mol. The highest BCUT2D eigenvalue weighted by Gasteiger charge is 2.31. The van der Waals surface area contributed by atoms with E-state index in [4.69, 9.17) is 10.3 Å². The van der Waals surface area contributed by atoms with E-state index in [1.807, 2.05) is 18.2 Å². The van der Waals surface area contributed by atoms with Crippen LogP contribution in [0.4, 0.5) is 5.82 Å². The second-order valence-electron chi connectivity index (χ2n) is 5.19. The molecule has 1 fully saturated rings. The molecule has 3 heteroatoms. The molecule has 2 unspecified atom stereocenters. The maximum Gasteiger partial charge on any atom is 0.175 e. The Kier molecular flexibility index (Phi) is 2.82. The summed E-state index contributed by atoms with van der Waals surface area (Å²) in [6, 6.07) is 10.2. The van der Waals surface area contributed by atoms with Crippen molar-refractivity contribution in [3.05, 3.63) is 36.1 Å². The minimum atomic E-state index is 0.463. The summed E-state index contributed by atoms with van der Waals surface area (Å²) in [6.45, 7) is 2.28. The Morgan fingerprint density at radius 3 is 2.67 bits per heavy atom. The highest BCUT2D eigenvalue weighted by Crippen LogP contribution is 2.44. The van der Waals surface area contributed by atoms with E-state index in [2.05, 4.69) is 24.2 Å². The summed E-state index contributed by atoms with van der Waals surface area (Å²) in [5.41, 5.74) is 8.08. The zero-order valence-electron chi connectivity index (χ0n) is 10.6. The zero-order valence-corrected chi connectivity index (χ0v) is 10.6. The van der Waals surface area contributed by atoms with Crippen LogP contribution in [-0.2, 0) is 0 Å². The molecular formula is C15H18N2O. The van der Waals surface area contributed by atoms with Gasteiger partial charge >= 0.3 is 0 Å². The molecule has 2 N–H and O–H groups in total. The van der Waals surface area contributed by atoms with Crippen molar-refractivity contribution in [3.63, 3.8) is 0 Å². The summed E-state index contributed by atoms with van der Waals surface area (Å²) in [6.07, 6.45) is 3.70. The zero-order chi connectivity index (χ0) is 12.5. The molecule has 94 valence electrons. The number of nitrogen functional groups attached to an aromatic ring is 1. The SMILES string of the molecule is CC1CCCC1c1onc(N)c1-c1ccccc1. The summed E-state index contributed by atoms with van der Waals surface area (Å²) in [7, 11) is 0. The lowest BCUT2D eigenvalue weighted by atomic mass is 9.91. The summed E-state index contributed by atoms with van der Waals surface area (Å²) < 4.78 is 5.53. The molecule has 2 atom stereocenters. The summed E-state index contributed by atoms with van der Waals surface area (Å²) >= 11 is 0. The van der Waals surface area contributed by atoms with Gasteiger partial charge in [-0.05, 0) is 24.3 Å². The molecule has 0 bridgehead atoms. The smallest absolute Gasteiger partial charge is 0.175 e. The van der Waals surface area contributed by atoms with Crippen LogP contribution in [0.15, 0.2) is 34.9 Å². The average molecular weight is 242 g/mol. The second-order valence-corrected chi connectivity index (χ2v) is 5.19. The van der Waals surface area contributed by atoms with Crippen LogP contribution in [0.5, 0.6) is 0 Å². The lowest BCUT2D eigenvalue weighted by Crippen LogP contribution is -2.02. The maximum absolute atomic E-state index is 5.98. The van der Waals surface area contributed by atoms with Crippen LogP contribution < -0.4 is 5.73 Å². The monoisotopic (exact) mass is 242 g/mol. The van der Waals surface area contributed by atoms with Gasteiger partial charge < -0.3 is 10.3 Å². The van der Waals surface area contributed by atoms with Crippen LogP contribution in [-0.4, -0.2) is 5.16 Å². The topological polar surface area (TPSA) is 52.0 Å². The molecule has 3 rings (SSSR count). The van der Waals surface area contributed by atoms with Gasteiger partial charge in [-0.3, -0.25) is 0 Å². The summed E-state index contributed by atoms with van der Waals surface area (Å²) in [5, 5.41) is 3.97. The number of rotatable bonds is 2. The lowest BCUT2D eigenvalue weighted by molar-refractivity contribution is 0.341. The molecule has 1 saturated carbocycles. The van der Waals surface area contributed by atoms with Gasteiger partial charge in [0.1, 0.15) is 5.76 Å². The molecule has 18 heavy (non-hydrogen) atoms. The molecule has 0 saturated heterocycles. The van der Waals surface area contributed by atoms with E-state index in [1.54, 1.807) is 0 Å². The van der Waals surface area contributed by atoms with Crippen molar-refractivity contribution >= 4 is 5.82 Å². The molecule has 3 nitrogen and oxygen atoms in total. The first-order valence-corrected chi connectivity index (χ1v) is 6.58. The van der Waals surface area contributed by atoms with Crippen LogP contribution in [0, 0.1) is 5.92 Å². The minimum absolute atomic E-state index is 0.463. The molecule has 1 heterocycles. The first kappa shape index (κ1) is 11.3. The molecule has 1 aromatic heterocycles. The lowest BCUT2D eigenvalue weighted by Gasteiger charge is -2.13. The van der Waals surface area contributed by atoms with E-state index in [1.165, 1.54) is 19.3 Å². The van der Waals surface area contributed by atoms with E-state index in [0.717, 1.165) is 16.9 Å². The van der Waals surface area contributed by atoms with Gasteiger partial charge in [0.25, 0.3) is 0 Å². The van der Waals surface area contributed by atoms with Crippen molar-refractivity contribution in [1.29, 1.82) is 0 Å². The predicted octanol–water partition coefficient (Wildman–Crippen LogP) is 3.83. The normalized spacial score (nSPS) is 23.4. The van der Waals surface area contributed by atoms with Crippen molar-refractivity contribution in [2.75, 3.05) is 5.73 Å². The third-order valence-corrected chi connectivity index (χ3v) is 4.01. The van der Waals surface area contributed by atoms with Gasteiger partial charge in [-0.15, -0.1) is 0 Å². The van der Waals surface area contributed by atoms with Gasteiger partial charge in [0, 0.05) is 5.92 Å². The van der Waals surface area contributed by atoms with E-state index in [9.17, 15) is 0 Å². The Morgan fingerprint density at radius 1 is 1.22 bits per heavy atom. The number of aromatic nitrogens is 1. The molecule has 0 radical (unpaired) electrons. The van der Waals surface area contributed by atoms with Gasteiger partial charge in [-0.2, -0.15) is 0 Å². The van der Waals surface area contributed by atoms with Crippen LogP contribution in [0.1, 0.15) is 37.9 Å². The number of hydrogen-bond acceptors (Lipinski definition) is 3. The van der Waals surface area contributed by atoms with Gasteiger partial charge in [0.05, 0.1) is 5.56 Å². The van der Waals surface area contributed by atoms with E-state index < -0.39 is 0 Å². The molecule has 1 aliphatic carbocycles. The van der Waals surface area contributed by atoms with Gasteiger partial charge in [-0.25, -0.2) is 0 Å². The molecule has 0 amide bonds. The first-order valence-electron chi connectivity index (χ1n) is 6.58. The molecule has 1 aromatic carbocycles. The van der Waals surface area contributed by atoms with Crippen LogP contribution in [0.2, 0.25) is 0 Å². The fourth-order valence-corrected chi connectivity index (χ4v) is 3.00. The number of nitrogens with zero attached hydrogens (tertiary/aromatic N) is 1. The molecule has 0 aliphatic heterocycles. The van der Waals surface area contributed by atoms with Crippen molar-refractivity contribution in [3.8, 4) is 11.1 Å². The van der Waals surface area contributed by atoms with E-state index >= 15 is 0 Å². The third-order valence-electron chi connectivity index (χ3n) is 4.01. The molecule has 0 spiro atoms. The van der Waals surface area contributed by atoms with Crippen LogP contribution in [0.25, 0.3) is 11.1 Å². The van der Waals surface area contributed by atoms with Gasteiger partial charge in [-0.1, -0.05) is 48.8 Å². The van der Waals surface area contributed by atoms with Gasteiger partial charge in [0.15, 0.2) is 5.82 Å². The van der Waals surface area contributed by atoms with Crippen LogP contribution >= 0.6 is 0 Å². The average Bonchev–Trinajstić information content (AvgIpc) is 2.96. The largest absolute Gasteiger partial charge is 0.380 e. The second kappa shape index (κ2) is 4.48.